The molecule has 2 aromatic carbocycles. The minimum atomic E-state index is -0.284. The highest BCUT2D eigenvalue weighted by molar-refractivity contribution is 9.10. The van der Waals surface area contributed by atoms with Crippen molar-refractivity contribution in [1.82, 2.24) is 5.32 Å². The molecule has 0 aliphatic rings. The molecule has 0 radical (unpaired) electrons. The Labute approximate surface area is 156 Å². The molecular formula is C18H20BrClFNO2. The van der Waals surface area contributed by atoms with E-state index in [1.54, 1.807) is 31.4 Å². The molecule has 2 rings (SSSR count). The number of rotatable bonds is 8. The molecule has 0 unspecified atom stereocenters. The Hall–Kier alpha value is -1.56. The number of benzene rings is 2. The van der Waals surface area contributed by atoms with Crippen LogP contribution in [0.1, 0.15) is 11.1 Å². The van der Waals surface area contributed by atoms with Crippen LogP contribution in [0.4, 0.5) is 4.39 Å². The molecule has 2 aromatic rings. The van der Waals surface area contributed by atoms with Crippen LogP contribution in [-0.2, 0) is 13.2 Å². The molecule has 0 fully saturated rings. The van der Waals surface area contributed by atoms with Gasteiger partial charge in [-0.3, -0.25) is 0 Å². The second kappa shape index (κ2) is 10.3. The van der Waals surface area contributed by atoms with E-state index in [0.717, 1.165) is 16.6 Å². The second-order valence-electron chi connectivity index (χ2n) is 4.91. The largest absolute Gasteiger partial charge is 0.493 e. The zero-order valence-electron chi connectivity index (χ0n) is 13.4. The van der Waals surface area contributed by atoms with E-state index in [4.69, 9.17) is 9.47 Å². The van der Waals surface area contributed by atoms with Crippen LogP contribution in [0.15, 0.2) is 53.5 Å². The summed E-state index contributed by atoms with van der Waals surface area (Å²) in [5.41, 5.74) is 1.55. The summed E-state index contributed by atoms with van der Waals surface area (Å²) in [6.45, 7) is 5.22. The summed E-state index contributed by atoms with van der Waals surface area (Å²) in [4.78, 5) is 0. The number of methoxy groups -OCH3 is 1. The smallest absolute Gasteiger partial charge is 0.175 e. The molecule has 0 aliphatic heterocycles. The van der Waals surface area contributed by atoms with E-state index in [0.29, 0.717) is 23.6 Å². The standard InChI is InChI=1S/C18H19BrFNO2.ClH/c1-3-8-21-11-13-9-15(19)18(17(10-13)22-2)23-12-14-6-4-5-7-16(14)20;/h3-7,9-10,21H,1,8,11-12H2,2H3;1H. The first-order chi connectivity index (χ1) is 11.2. The molecule has 3 nitrogen and oxygen atoms in total. The van der Waals surface area contributed by atoms with E-state index in [-0.39, 0.29) is 24.8 Å². The second-order valence-corrected chi connectivity index (χ2v) is 5.76. The monoisotopic (exact) mass is 415 g/mol. The molecule has 6 heteroatoms. The Kier molecular flexibility index (Phi) is 8.82. The molecule has 0 saturated heterocycles. The topological polar surface area (TPSA) is 30.5 Å². The van der Waals surface area contributed by atoms with Gasteiger partial charge in [-0.25, -0.2) is 4.39 Å². The van der Waals surface area contributed by atoms with E-state index in [1.165, 1.54) is 6.07 Å². The van der Waals surface area contributed by atoms with Gasteiger partial charge >= 0.3 is 0 Å². The highest BCUT2D eigenvalue weighted by Crippen LogP contribution is 2.37. The van der Waals surface area contributed by atoms with Crippen LogP contribution >= 0.6 is 28.3 Å². The van der Waals surface area contributed by atoms with Crippen LogP contribution in [0.2, 0.25) is 0 Å². The fourth-order valence-corrected chi connectivity index (χ4v) is 2.70. The first-order valence-electron chi connectivity index (χ1n) is 7.20. The molecule has 0 heterocycles. The third kappa shape index (κ3) is 5.51. The summed E-state index contributed by atoms with van der Waals surface area (Å²) in [6, 6.07) is 10.4. The van der Waals surface area contributed by atoms with E-state index < -0.39 is 0 Å². The predicted octanol–water partition coefficient (Wildman–Crippen LogP) is 4.87. The number of hydrogen-bond donors (Lipinski definition) is 1. The lowest BCUT2D eigenvalue weighted by Crippen LogP contribution is -2.12. The Balaban J connectivity index is 0.00000288. The predicted molar refractivity (Wildman–Crippen MR) is 101 cm³/mol. The van der Waals surface area contributed by atoms with Crippen molar-refractivity contribution in [1.29, 1.82) is 0 Å². The first-order valence-corrected chi connectivity index (χ1v) is 7.99. The van der Waals surface area contributed by atoms with Crippen LogP contribution in [0.5, 0.6) is 11.5 Å². The molecule has 0 amide bonds. The third-order valence-corrected chi connectivity index (χ3v) is 3.83. The molecule has 0 atom stereocenters. The van der Waals surface area contributed by atoms with Gasteiger partial charge in [-0.1, -0.05) is 24.3 Å². The van der Waals surface area contributed by atoms with E-state index in [1.807, 2.05) is 12.1 Å². The molecule has 0 aromatic heterocycles. The molecule has 1 N–H and O–H groups in total. The number of halogens is 3. The van der Waals surface area contributed by atoms with Gasteiger partial charge < -0.3 is 14.8 Å². The normalized spacial score (nSPS) is 9.96. The quantitative estimate of drug-likeness (QED) is 0.492. The third-order valence-electron chi connectivity index (χ3n) is 3.24. The molecule has 0 aliphatic carbocycles. The van der Waals surface area contributed by atoms with Crippen LogP contribution in [0, 0.1) is 5.82 Å². The summed E-state index contributed by atoms with van der Waals surface area (Å²) in [7, 11) is 1.58. The lowest BCUT2D eigenvalue weighted by atomic mass is 10.2. The molecule has 0 spiro atoms. The summed E-state index contributed by atoms with van der Waals surface area (Å²) in [5, 5.41) is 3.23. The van der Waals surface area contributed by atoms with Crippen LogP contribution in [-0.4, -0.2) is 13.7 Å². The highest BCUT2D eigenvalue weighted by Gasteiger charge is 2.13. The van der Waals surface area contributed by atoms with Crippen LogP contribution < -0.4 is 14.8 Å². The molecule has 0 bridgehead atoms. The maximum Gasteiger partial charge on any atom is 0.175 e. The Morgan fingerprint density at radius 2 is 2.04 bits per heavy atom. The fraction of sp³-hybridized carbons (Fsp3) is 0.222. The van der Waals surface area contributed by atoms with Crippen molar-refractivity contribution in [2.75, 3.05) is 13.7 Å². The van der Waals surface area contributed by atoms with Crippen molar-refractivity contribution in [2.24, 2.45) is 0 Å². The Morgan fingerprint density at radius 1 is 1.29 bits per heavy atom. The van der Waals surface area contributed by atoms with Crippen molar-refractivity contribution >= 4 is 28.3 Å². The summed E-state index contributed by atoms with van der Waals surface area (Å²) < 4.78 is 25.6. The maximum atomic E-state index is 13.7. The van der Waals surface area contributed by atoms with Gasteiger partial charge in [-0.2, -0.15) is 0 Å². The van der Waals surface area contributed by atoms with E-state index >= 15 is 0 Å². The van der Waals surface area contributed by atoms with Crippen molar-refractivity contribution < 1.29 is 13.9 Å². The SMILES string of the molecule is C=CCNCc1cc(Br)c(OCc2ccccc2F)c(OC)c1.Cl. The molecule has 0 saturated carbocycles. The zero-order chi connectivity index (χ0) is 16.7. The lowest BCUT2D eigenvalue weighted by Gasteiger charge is -2.15. The van der Waals surface area contributed by atoms with Crippen molar-refractivity contribution in [2.45, 2.75) is 13.2 Å². The van der Waals surface area contributed by atoms with Crippen LogP contribution in [0.25, 0.3) is 0 Å². The fourth-order valence-electron chi connectivity index (χ4n) is 2.10. The van der Waals surface area contributed by atoms with Crippen LogP contribution in [0.3, 0.4) is 0 Å². The highest BCUT2D eigenvalue weighted by atomic mass is 79.9. The van der Waals surface area contributed by atoms with Gasteiger partial charge in [0, 0.05) is 18.7 Å². The van der Waals surface area contributed by atoms with Gasteiger partial charge in [0.15, 0.2) is 11.5 Å². The minimum absolute atomic E-state index is 0. The van der Waals surface area contributed by atoms with Gasteiger partial charge in [-0.05, 0) is 39.7 Å². The lowest BCUT2D eigenvalue weighted by molar-refractivity contribution is 0.277. The van der Waals surface area contributed by atoms with Crippen molar-refractivity contribution in [3.05, 3.63) is 70.5 Å². The number of nitrogens with one attached hydrogen (secondary N) is 1. The van der Waals surface area contributed by atoms with Crippen molar-refractivity contribution in [3.8, 4) is 11.5 Å². The molecule has 130 valence electrons. The zero-order valence-corrected chi connectivity index (χ0v) is 15.8. The van der Waals surface area contributed by atoms with Gasteiger partial charge in [0.1, 0.15) is 12.4 Å². The first kappa shape index (κ1) is 20.5. The average molecular weight is 417 g/mol. The minimum Gasteiger partial charge on any atom is -0.493 e. The summed E-state index contributed by atoms with van der Waals surface area (Å²) in [5.74, 6) is 0.877. The van der Waals surface area contributed by atoms with Gasteiger partial charge in [0.25, 0.3) is 0 Å². The summed E-state index contributed by atoms with van der Waals surface area (Å²) >= 11 is 3.49. The molecule has 24 heavy (non-hydrogen) atoms. The van der Waals surface area contributed by atoms with Gasteiger partial charge in [-0.15, -0.1) is 19.0 Å². The van der Waals surface area contributed by atoms with Gasteiger partial charge in [0.05, 0.1) is 11.6 Å². The van der Waals surface area contributed by atoms with Crippen molar-refractivity contribution in [3.63, 3.8) is 0 Å². The summed E-state index contributed by atoms with van der Waals surface area (Å²) in [6.07, 6.45) is 1.80. The van der Waals surface area contributed by atoms with Gasteiger partial charge in [0.2, 0.25) is 0 Å². The Bertz CT molecular complexity index is 682. The van der Waals surface area contributed by atoms with E-state index in [9.17, 15) is 4.39 Å². The Morgan fingerprint density at radius 3 is 2.71 bits per heavy atom. The number of hydrogen-bond acceptors (Lipinski definition) is 3. The maximum absolute atomic E-state index is 13.7. The average Bonchev–Trinajstić information content (AvgIpc) is 2.55. The number of ether oxygens (including phenoxy) is 2. The van der Waals surface area contributed by atoms with E-state index in [2.05, 4.69) is 27.8 Å². The molecular weight excluding hydrogens is 397 g/mol.